The van der Waals surface area contributed by atoms with Crippen molar-refractivity contribution < 1.29 is 28.5 Å². The molecule has 0 fully saturated rings. The Bertz CT molecular complexity index is 355. The first kappa shape index (κ1) is 17.1. The number of ether oxygens (including phenoxy) is 2. The van der Waals surface area contributed by atoms with Crippen LogP contribution in [0.25, 0.3) is 0 Å². The summed E-state index contributed by atoms with van der Waals surface area (Å²) in [5.74, 6) is -1.59. The second-order valence-corrected chi connectivity index (χ2v) is 7.61. The Hall–Kier alpha value is -0.870. The van der Waals surface area contributed by atoms with Crippen molar-refractivity contribution in [2.24, 2.45) is 0 Å². The van der Waals surface area contributed by atoms with Crippen LogP contribution in [-0.2, 0) is 23.6 Å². The molecule has 18 heavy (non-hydrogen) atoms. The molecule has 0 spiro atoms. The van der Waals surface area contributed by atoms with Gasteiger partial charge in [0.2, 0.25) is 7.37 Å². The van der Waals surface area contributed by atoms with Gasteiger partial charge in [-0.05, 0) is 34.6 Å². The van der Waals surface area contributed by atoms with E-state index in [1.165, 1.54) is 0 Å². The zero-order chi connectivity index (χ0) is 14.6. The molecule has 0 rings (SSSR count). The minimum atomic E-state index is -3.90. The molecule has 0 aromatic carbocycles. The molecule has 0 bridgehead atoms. The predicted octanol–water partition coefficient (Wildman–Crippen LogP) is 1.55. The van der Waals surface area contributed by atoms with Gasteiger partial charge in [0.1, 0.15) is 17.9 Å². The Labute approximate surface area is 107 Å². The quantitative estimate of drug-likeness (QED) is 0.607. The van der Waals surface area contributed by atoms with Gasteiger partial charge in [-0.15, -0.1) is 0 Å². The second-order valence-electron chi connectivity index (χ2n) is 5.29. The van der Waals surface area contributed by atoms with Gasteiger partial charge in [0.15, 0.2) is 0 Å². The molecule has 0 saturated heterocycles. The van der Waals surface area contributed by atoms with Gasteiger partial charge in [-0.2, -0.15) is 0 Å². The van der Waals surface area contributed by atoms with Crippen LogP contribution in [0.5, 0.6) is 0 Å². The summed E-state index contributed by atoms with van der Waals surface area (Å²) in [5.41, 5.74) is -0.727. The summed E-state index contributed by atoms with van der Waals surface area (Å²) in [6.45, 7) is 8.23. The zero-order valence-electron chi connectivity index (χ0n) is 11.4. The van der Waals surface area contributed by atoms with Crippen LogP contribution in [-0.4, -0.2) is 40.9 Å². The second kappa shape index (κ2) is 6.34. The van der Waals surface area contributed by atoms with Gasteiger partial charge < -0.3 is 14.4 Å². The highest BCUT2D eigenvalue weighted by Crippen LogP contribution is 2.40. The molecule has 0 aromatic heterocycles. The largest absolute Gasteiger partial charge is 0.463 e. The maximum Gasteiger partial charge on any atom is 0.316 e. The van der Waals surface area contributed by atoms with Crippen molar-refractivity contribution >= 4 is 19.3 Å². The Balaban J connectivity index is 4.35. The maximum absolute atomic E-state index is 11.7. The molecular formula is C11H21O6P. The van der Waals surface area contributed by atoms with Crippen molar-refractivity contribution in [3.63, 3.8) is 0 Å². The molecule has 0 saturated carbocycles. The highest BCUT2D eigenvalue weighted by molar-refractivity contribution is 7.59. The number of carbonyl (C=O) groups excluding carboxylic acids is 2. The third kappa shape index (κ3) is 9.19. The summed E-state index contributed by atoms with van der Waals surface area (Å²) in [6, 6.07) is 0. The number of hydrogen-bond acceptors (Lipinski definition) is 5. The van der Waals surface area contributed by atoms with Crippen molar-refractivity contribution in [3.05, 3.63) is 0 Å². The standard InChI is InChI=1S/C11H21O6P/c1-8(2)16-9(12)6-18(14,15)7-10(13)17-11(3,4)5/h8H,6-7H2,1-5H3,(H,14,15). The maximum atomic E-state index is 11.7. The Morgan fingerprint density at radius 1 is 1.17 bits per heavy atom. The normalized spacial score (nSPS) is 15.1. The minimum Gasteiger partial charge on any atom is -0.463 e. The lowest BCUT2D eigenvalue weighted by molar-refractivity contribution is -0.151. The van der Waals surface area contributed by atoms with E-state index in [1.807, 2.05) is 0 Å². The molecule has 0 aliphatic rings. The van der Waals surface area contributed by atoms with Crippen molar-refractivity contribution in [3.8, 4) is 0 Å². The van der Waals surface area contributed by atoms with Crippen molar-refractivity contribution in [2.45, 2.75) is 46.3 Å². The van der Waals surface area contributed by atoms with E-state index in [1.54, 1.807) is 34.6 Å². The SMILES string of the molecule is CC(C)OC(=O)CP(=O)(O)CC(=O)OC(C)(C)C. The lowest BCUT2D eigenvalue weighted by Gasteiger charge is -2.20. The molecule has 1 unspecified atom stereocenters. The van der Waals surface area contributed by atoms with E-state index in [2.05, 4.69) is 0 Å². The lowest BCUT2D eigenvalue weighted by atomic mass is 10.2. The topological polar surface area (TPSA) is 89.9 Å². The summed E-state index contributed by atoms with van der Waals surface area (Å²) in [4.78, 5) is 32.1. The number of esters is 2. The van der Waals surface area contributed by atoms with Crippen LogP contribution in [0.1, 0.15) is 34.6 Å². The average Bonchev–Trinajstić information content (AvgIpc) is 1.92. The van der Waals surface area contributed by atoms with E-state index >= 15 is 0 Å². The Morgan fingerprint density at radius 2 is 1.61 bits per heavy atom. The average molecular weight is 280 g/mol. The van der Waals surface area contributed by atoms with Crippen molar-refractivity contribution in [1.82, 2.24) is 0 Å². The first-order chi connectivity index (χ1) is 7.91. The molecule has 0 aromatic rings. The highest BCUT2D eigenvalue weighted by atomic mass is 31.2. The molecule has 0 radical (unpaired) electrons. The monoisotopic (exact) mass is 280 g/mol. The molecule has 1 atom stereocenters. The number of hydrogen-bond donors (Lipinski definition) is 1. The first-order valence-electron chi connectivity index (χ1n) is 5.63. The van der Waals surface area contributed by atoms with Gasteiger partial charge in [-0.25, -0.2) is 0 Å². The fraction of sp³-hybridized carbons (Fsp3) is 0.818. The molecule has 0 aliphatic carbocycles. The summed E-state index contributed by atoms with van der Waals surface area (Å²) in [6.07, 6.45) is -1.72. The molecule has 0 amide bonds. The van der Waals surface area contributed by atoms with Crippen LogP contribution in [0.15, 0.2) is 0 Å². The third-order valence-corrected chi connectivity index (χ3v) is 3.04. The first-order valence-corrected chi connectivity index (χ1v) is 7.66. The van der Waals surface area contributed by atoms with E-state index in [4.69, 9.17) is 9.47 Å². The summed E-state index contributed by atoms with van der Waals surface area (Å²) in [5, 5.41) is 0. The molecule has 0 aliphatic heterocycles. The molecule has 6 nitrogen and oxygen atoms in total. The van der Waals surface area contributed by atoms with E-state index in [0.29, 0.717) is 0 Å². The van der Waals surface area contributed by atoms with Crippen LogP contribution in [0.3, 0.4) is 0 Å². The predicted molar refractivity (Wildman–Crippen MR) is 66.6 cm³/mol. The molecule has 1 N–H and O–H groups in total. The van der Waals surface area contributed by atoms with E-state index in [0.717, 1.165) is 0 Å². The molecular weight excluding hydrogens is 259 g/mol. The molecule has 7 heteroatoms. The van der Waals surface area contributed by atoms with Crippen LogP contribution in [0.2, 0.25) is 0 Å². The summed E-state index contributed by atoms with van der Waals surface area (Å²) in [7, 11) is -3.90. The van der Waals surface area contributed by atoms with Crippen LogP contribution in [0.4, 0.5) is 0 Å². The molecule has 106 valence electrons. The highest BCUT2D eigenvalue weighted by Gasteiger charge is 2.30. The van der Waals surface area contributed by atoms with Gasteiger partial charge in [-0.1, -0.05) is 0 Å². The number of rotatable bonds is 5. The Kier molecular flexibility index (Phi) is 6.04. The van der Waals surface area contributed by atoms with Crippen LogP contribution < -0.4 is 0 Å². The van der Waals surface area contributed by atoms with Crippen molar-refractivity contribution in [2.75, 3.05) is 12.3 Å². The fourth-order valence-corrected chi connectivity index (χ4v) is 2.19. The van der Waals surface area contributed by atoms with E-state index in [9.17, 15) is 19.0 Å². The lowest BCUT2D eigenvalue weighted by Crippen LogP contribution is -2.26. The molecule has 0 heterocycles. The Morgan fingerprint density at radius 3 is 2.00 bits per heavy atom. The van der Waals surface area contributed by atoms with E-state index in [-0.39, 0.29) is 6.10 Å². The smallest absolute Gasteiger partial charge is 0.316 e. The van der Waals surface area contributed by atoms with Gasteiger partial charge in [-0.3, -0.25) is 14.2 Å². The van der Waals surface area contributed by atoms with Crippen LogP contribution in [0, 0.1) is 0 Å². The zero-order valence-corrected chi connectivity index (χ0v) is 12.3. The van der Waals surface area contributed by atoms with Gasteiger partial charge >= 0.3 is 11.9 Å². The van der Waals surface area contributed by atoms with Crippen LogP contribution >= 0.6 is 7.37 Å². The van der Waals surface area contributed by atoms with Gasteiger partial charge in [0.05, 0.1) is 6.10 Å². The van der Waals surface area contributed by atoms with Crippen molar-refractivity contribution in [1.29, 1.82) is 0 Å². The summed E-state index contributed by atoms with van der Waals surface area (Å²) >= 11 is 0. The minimum absolute atomic E-state index is 0.362. The van der Waals surface area contributed by atoms with E-state index < -0.39 is 37.2 Å². The van der Waals surface area contributed by atoms with Gasteiger partial charge in [0.25, 0.3) is 0 Å². The number of carbonyl (C=O) groups is 2. The third-order valence-electron chi connectivity index (χ3n) is 1.54. The summed E-state index contributed by atoms with van der Waals surface area (Å²) < 4.78 is 21.3. The fourth-order valence-electron chi connectivity index (χ4n) is 1.13. The van der Waals surface area contributed by atoms with Gasteiger partial charge in [0, 0.05) is 0 Å².